The monoisotopic (exact) mass is 396 g/mol. The molecule has 4 rings (SSSR count). The molecule has 0 aliphatic rings. The van der Waals surface area contributed by atoms with Gasteiger partial charge in [0.15, 0.2) is 11.0 Å². The molecule has 0 bridgehead atoms. The summed E-state index contributed by atoms with van der Waals surface area (Å²) in [6.07, 6.45) is 1.69. The van der Waals surface area contributed by atoms with E-state index < -0.39 is 0 Å². The van der Waals surface area contributed by atoms with Gasteiger partial charge in [0.25, 0.3) is 0 Å². The highest BCUT2D eigenvalue weighted by atomic mass is 32.2. The minimum atomic E-state index is 0.769. The summed E-state index contributed by atoms with van der Waals surface area (Å²) in [5.74, 6) is 2.48. The van der Waals surface area contributed by atoms with E-state index in [0.717, 1.165) is 45.3 Å². The molecule has 0 N–H and O–H groups in total. The van der Waals surface area contributed by atoms with Crippen molar-refractivity contribution in [2.45, 2.75) is 38.2 Å². The summed E-state index contributed by atoms with van der Waals surface area (Å²) in [7, 11) is 0. The van der Waals surface area contributed by atoms with Crippen LogP contribution in [-0.2, 0) is 12.3 Å². The van der Waals surface area contributed by atoms with E-state index in [-0.39, 0.29) is 0 Å². The maximum atomic E-state index is 5.41. The van der Waals surface area contributed by atoms with Gasteiger partial charge in [-0.1, -0.05) is 36.0 Å². The second kappa shape index (κ2) is 7.70. The third kappa shape index (κ3) is 3.57. The Morgan fingerprint density at radius 3 is 2.70 bits per heavy atom. The average molecular weight is 397 g/mol. The van der Waals surface area contributed by atoms with Crippen molar-refractivity contribution in [2.75, 3.05) is 0 Å². The Bertz CT molecular complexity index is 1060. The van der Waals surface area contributed by atoms with Crippen molar-refractivity contribution in [3.8, 4) is 22.0 Å². The first-order chi connectivity index (χ1) is 13.2. The molecule has 0 fully saturated rings. The summed E-state index contributed by atoms with van der Waals surface area (Å²) in [6, 6.07) is 10.3. The summed E-state index contributed by atoms with van der Waals surface area (Å²) in [5.41, 5.74) is 4.51. The van der Waals surface area contributed by atoms with Crippen molar-refractivity contribution in [2.24, 2.45) is 0 Å². The molecule has 3 heterocycles. The quantitative estimate of drug-likeness (QED) is 0.398. The summed E-state index contributed by atoms with van der Waals surface area (Å²) in [5, 5.41) is 12.9. The Balaban J connectivity index is 1.52. The van der Waals surface area contributed by atoms with Crippen molar-refractivity contribution in [1.82, 2.24) is 19.7 Å². The summed E-state index contributed by atoms with van der Waals surface area (Å²) in [4.78, 5) is 4.81. The van der Waals surface area contributed by atoms with Crippen molar-refractivity contribution in [3.63, 3.8) is 0 Å². The Morgan fingerprint density at radius 1 is 1.11 bits per heavy atom. The Hall–Kier alpha value is -2.38. The fraction of sp³-hybridized carbons (Fsp3) is 0.250. The minimum absolute atomic E-state index is 0.769. The lowest BCUT2D eigenvalue weighted by Gasteiger charge is -2.06. The maximum absolute atomic E-state index is 5.41. The number of thiazole rings is 1. The number of aryl methyl sites for hydroxylation is 2. The van der Waals surface area contributed by atoms with E-state index in [1.54, 1.807) is 29.4 Å². The van der Waals surface area contributed by atoms with Gasteiger partial charge in [-0.05, 0) is 32.4 Å². The number of furan rings is 1. The van der Waals surface area contributed by atoms with Gasteiger partial charge < -0.3 is 8.98 Å². The molecule has 0 radical (unpaired) electrons. The normalized spacial score (nSPS) is 11.2. The number of nitrogens with zero attached hydrogens (tertiary/aromatic N) is 4. The molecule has 0 atom stereocenters. The number of thioether (sulfide) groups is 1. The summed E-state index contributed by atoms with van der Waals surface area (Å²) < 4.78 is 7.54. The Kier molecular flexibility index (Phi) is 5.13. The first kappa shape index (κ1) is 18.0. The lowest BCUT2D eigenvalue weighted by Crippen LogP contribution is -2.00. The van der Waals surface area contributed by atoms with Gasteiger partial charge in [-0.25, -0.2) is 4.98 Å². The summed E-state index contributed by atoms with van der Waals surface area (Å²) >= 11 is 3.35. The molecular formula is C20H20N4OS2. The maximum Gasteiger partial charge on any atom is 0.191 e. The third-order valence-corrected chi connectivity index (χ3v) is 6.33. The van der Waals surface area contributed by atoms with Crippen molar-refractivity contribution in [1.29, 1.82) is 0 Å². The van der Waals surface area contributed by atoms with Crippen molar-refractivity contribution >= 4 is 23.1 Å². The van der Waals surface area contributed by atoms with Crippen LogP contribution in [0.5, 0.6) is 0 Å². The van der Waals surface area contributed by atoms with Crippen LogP contribution in [0.25, 0.3) is 22.0 Å². The fourth-order valence-corrected chi connectivity index (χ4v) is 4.86. The second-order valence-electron chi connectivity index (χ2n) is 6.19. The van der Waals surface area contributed by atoms with E-state index in [2.05, 4.69) is 58.3 Å². The van der Waals surface area contributed by atoms with Gasteiger partial charge in [-0.2, -0.15) is 0 Å². The van der Waals surface area contributed by atoms with Gasteiger partial charge in [-0.15, -0.1) is 21.5 Å². The lowest BCUT2D eigenvalue weighted by atomic mass is 10.1. The van der Waals surface area contributed by atoms with Crippen LogP contribution in [0.15, 0.2) is 51.5 Å². The molecule has 0 spiro atoms. The van der Waals surface area contributed by atoms with E-state index in [4.69, 9.17) is 9.40 Å². The predicted molar refractivity (Wildman–Crippen MR) is 110 cm³/mol. The first-order valence-electron chi connectivity index (χ1n) is 8.78. The van der Waals surface area contributed by atoms with Crippen LogP contribution in [0.3, 0.4) is 0 Å². The molecule has 0 saturated heterocycles. The largest absolute Gasteiger partial charge is 0.469 e. The zero-order valence-corrected chi connectivity index (χ0v) is 17.1. The van der Waals surface area contributed by atoms with Crippen molar-refractivity contribution < 1.29 is 4.42 Å². The molecule has 0 saturated carbocycles. The lowest BCUT2D eigenvalue weighted by molar-refractivity contribution is 0.534. The molecule has 5 nitrogen and oxygen atoms in total. The highest BCUT2D eigenvalue weighted by molar-refractivity contribution is 7.98. The molecule has 4 aromatic rings. The predicted octanol–water partition coefficient (Wildman–Crippen LogP) is 5.59. The highest BCUT2D eigenvalue weighted by Gasteiger charge is 2.17. The van der Waals surface area contributed by atoms with Gasteiger partial charge in [-0.3, -0.25) is 0 Å². The van der Waals surface area contributed by atoms with E-state index >= 15 is 0 Å². The van der Waals surface area contributed by atoms with Gasteiger partial charge >= 0.3 is 0 Å². The van der Waals surface area contributed by atoms with Crippen LogP contribution in [0, 0.1) is 13.8 Å². The number of hydrogen-bond donors (Lipinski definition) is 0. The molecule has 7 heteroatoms. The van der Waals surface area contributed by atoms with Gasteiger partial charge in [0.1, 0.15) is 10.8 Å². The third-order valence-electron chi connectivity index (χ3n) is 4.41. The molecule has 0 aliphatic heterocycles. The molecule has 27 heavy (non-hydrogen) atoms. The molecule has 0 aliphatic carbocycles. The number of rotatable bonds is 6. The number of hydrogen-bond acceptors (Lipinski definition) is 6. The first-order valence-corrected chi connectivity index (χ1v) is 10.6. The number of benzene rings is 1. The highest BCUT2D eigenvalue weighted by Crippen LogP contribution is 2.31. The summed E-state index contributed by atoms with van der Waals surface area (Å²) in [6.45, 7) is 6.97. The Morgan fingerprint density at radius 2 is 1.96 bits per heavy atom. The topological polar surface area (TPSA) is 56.7 Å². The van der Waals surface area contributed by atoms with Crippen LogP contribution < -0.4 is 0 Å². The van der Waals surface area contributed by atoms with Crippen LogP contribution in [0.4, 0.5) is 0 Å². The van der Waals surface area contributed by atoms with Gasteiger partial charge in [0.05, 0.1) is 17.5 Å². The zero-order chi connectivity index (χ0) is 18.8. The van der Waals surface area contributed by atoms with E-state index in [0.29, 0.717) is 0 Å². The van der Waals surface area contributed by atoms with Crippen LogP contribution >= 0.6 is 23.1 Å². The fourth-order valence-electron chi connectivity index (χ4n) is 2.95. The SMILES string of the molecule is CCn1c(SCc2csc(-c3ccccc3C)n2)nnc1-c1ccoc1C. The molecule has 1 aromatic carbocycles. The zero-order valence-electron chi connectivity index (χ0n) is 15.5. The number of aromatic nitrogens is 4. The van der Waals surface area contributed by atoms with Crippen LogP contribution in [-0.4, -0.2) is 19.7 Å². The Labute approximate surface area is 166 Å². The van der Waals surface area contributed by atoms with Crippen LogP contribution in [0.1, 0.15) is 23.9 Å². The van der Waals surface area contributed by atoms with E-state index in [9.17, 15) is 0 Å². The molecule has 3 aromatic heterocycles. The molecule has 0 amide bonds. The standard InChI is InChI=1S/C20H20N4OS2/c1-4-24-18(17-9-10-25-14(17)3)22-23-20(24)27-12-15-11-26-19(21-15)16-8-6-5-7-13(16)2/h5-11H,4,12H2,1-3H3. The average Bonchev–Trinajstić information content (AvgIpc) is 3.39. The van der Waals surface area contributed by atoms with Gasteiger partial charge in [0.2, 0.25) is 0 Å². The minimum Gasteiger partial charge on any atom is -0.469 e. The van der Waals surface area contributed by atoms with Crippen molar-refractivity contribution in [3.05, 3.63) is 59.0 Å². The smallest absolute Gasteiger partial charge is 0.191 e. The molecule has 0 unspecified atom stereocenters. The second-order valence-corrected chi connectivity index (χ2v) is 7.99. The molecular weight excluding hydrogens is 376 g/mol. The van der Waals surface area contributed by atoms with E-state index in [1.165, 1.54) is 11.1 Å². The van der Waals surface area contributed by atoms with Crippen LogP contribution in [0.2, 0.25) is 0 Å². The molecule has 138 valence electrons. The van der Waals surface area contributed by atoms with E-state index in [1.807, 2.05) is 13.0 Å². The van der Waals surface area contributed by atoms with Gasteiger partial charge in [0, 0.05) is 23.2 Å².